The molecule has 15 heavy (non-hydrogen) atoms. The van der Waals surface area contributed by atoms with Gasteiger partial charge in [-0.1, -0.05) is 12.8 Å². The summed E-state index contributed by atoms with van der Waals surface area (Å²) in [6, 6.07) is 0.379. The smallest absolute Gasteiger partial charge is 0.238 e. The Morgan fingerprint density at radius 2 is 2.40 bits per heavy atom. The highest BCUT2D eigenvalue weighted by atomic mass is 32.2. The first kappa shape index (κ1) is 11.3. The van der Waals surface area contributed by atoms with Crippen molar-refractivity contribution in [3.05, 3.63) is 0 Å². The van der Waals surface area contributed by atoms with Crippen LogP contribution < -0.4 is 10.6 Å². The lowest BCUT2D eigenvalue weighted by molar-refractivity contribution is -0.123. The summed E-state index contributed by atoms with van der Waals surface area (Å²) < 4.78 is 0. The van der Waals surface area contributed by atoms with Crippen LogP contribution in [0.3, 0.4) is 0 Å². The van der Waals surface area contributed by atoms with E-state index >= 15 is 0 Å². The molecule has 0 spiro atoms. The predicted molar refractivity (Wildman–Crippen MR) is 64.1 cm³/mol. The van der Waals surface area contributed by atoms with Crippen molar-refractivity contribution in [2.75, 3.05) is 18.1 Å². The van der Waals surface area contributed by atoms with Gasteiger partial charge in [-0.05, 0) is 19.3 Å². The number of carbonyl (C=O) groups excluding carboxylic acids is 1. The Morgan fingerprint density at radius 1 is 1.60 bits per heavy atom. The van der Waals surface area contributed by atoms with E-state index in [9.17, 15) is 4.79 Å². The van der Waals surface area contributed by atoms with Crippen molar-refractivity contribution in [1.29, 1.82) is 0 Å². The molecule has 1 saturated carbocycles. The van der Waals surface area contributed by atoms with Crippen LogP contribution in [-0.2, 0) is 4.79 Å². The molecule has 0 radical (unpaired) electrons. The van der Waals surface area contributed by atoms with Crippen LogP contribution in [0.1, 0.15) is 26.2 Å². The van der Waals surface area contributed by atoms with E-state index in [1.165, 1.54) is 12.8 Å². The van der Waals surface area contributed by atoms with Gasteiger partial charge >= 0.3 is 0 Å². The summed E-state index contributed by atoms with van der Waals surface area (Å²) in [6.07, 6.45) is 3.88. The normalized spacial score (nSPS) is 28.5. The van der Waals surface area contributed by atoms with Gasteiger partial charge in [0.25, 0.3) is 0 Å². The summed E-state index contributed by atoms with van der Waals surface area (Å²) in [4.78, 5) is 11.8. The lowest BCUT2D eigenvalue weighted by Gasteiger charge is -2.24. The summed E-state index contributed by atoms with van der Waals surface area (Å²) in [7, 11) is 0. The molecule has 1 aliphatic heterocycles. The summed E-state index contributed by atoms with van der Waals surface area (Å²) in [5.41, 5.74) is 0. The third-order valence-corrected chi connectivity index (χ3v) is 4.07. The molecule has 0 aromatic rings. The van der Waals surface area contributed by atoms with E-state index in [2.05, 4.69) is 17.6 Å². The van der Waals surface area contributed by atoms with Gasteiger partial charge in [-0.3, -0.25) is 4.79 Å². The molecule has 1 saturated heterocycles. The highest BCUT2D eigenvalue weighted by Crippen LogP contribution is 2.33. The van der Waals surface area contributed by atoms with E-state index in [0.717, 1.165) is 30.4 Å². The third-order valence-electron chi connectivity index (χ3n) is 3.01. The van der Waals surface area contributed by atoms with Crippen molar-refractivity contribution in [1.82, 2.24) is 10.6 Å². The molecule has 2 fully saturated rings. The Kier molecular flexibility index (Phi) is 3.92. The number of amides is 1. The highest BCUT2D eigenvalue weighted by molar-refractivity contribution is 7.99. The van der Waals surface area contributed by atoms with Gasteiger partial charge < -0.3 is 10.6 Å². The van der Waals surface area contributed by atoms with Gasteiger partial charge in [-0.15, -0.1) is 0 Å². The average Bonchev–Trinajstić information content (AvgIpc) is 3.03. The summed E-state index contributed by atoms with van der Waals surface area (Å²) in [5, 5.41) is 6.37. The molecule has 2 N–H and O–H groups in total. The fourth-order valence-electron chi connectivity index (χ4n) is 1.99. The number of rotatable bonds is 4. The third kappa shape index (κ3) is 3.68. The highest BCUT2D eigenvalue weighted by Gasteiger charge is 2.26. The molecule has 2 aliphatic rings. The summed E-state index contributed by atoms with van der Waals surface area (Å²) in [6.45, 7) is 3.08. The molecule has 4 heteroatoms. The van der Waals surface area contributed by atoms with Crippen molar-refractivity contribution >= 4 is 17.7 Å². The van der Waals surface area contributed by atoms with Crippen LogP contribution in [0.5, 0.6) is 0 Å². The van der Waals surface area contributed by atoms with Crippen molar-refractivity contribution < 1.29 is 4.79 Å². The van der Waals surface area contributed by atoms with Crippen LogP contribution >= 0.6 is 11.8 Å². The van der Waals surface area contributed by atoms with E-state index in [-0.39, 0.29) is 11.9 Å². The minimum absolute atomic E-state index is 0.0328. The molecular formula is C11H20N2OS. The molecule has 2 unspecified atom stereocenters. The SMILES string of the molecule is CC(CC1CC1)NC(=O)C1CSCCN1. The van der Waals surface area contributed by atoms with Gasteiger partial charge in [0.1, 0.15) is 0 Å². The Balaban J connectivity index is 1.69. The van der Waals surface area contributed by atoms with Gasteiger partial charge in [0.05, 0.1) is 6.04 Å². The van der Waals surface area contributed by atoms with Crippen LogP contribution in [0.4, 0.5) is 0 Å². The predicted octanol–water partition coefficient (Wildman–Crippen LogP) is 0.996. The van der Waals surface area contributed by atoms with E-state index in [1.54, 1.807) is 0 Å². The van der Waals surface area contributed by atoms with E-state index in [4.69, 9.17) is 0 Å². The van der Waals surface area contributed by atoms with Crippen molar-refractivity contribution in [3.63, 3.8) is 0 Å². The van der Waals surface area contributed by atoms with Crippen molar-refractivity contribution in [3.8, 4) is 0 Å². The van der Waals surface area contributed by atoms with E-state index < -0.39 is 0 Å². The quantitative estimate of drug-likeness (QED) is 0.754. The van der Waals surface area contributed by atoms with Gasteiger partial charge in [0.15, 0.2) is 0 Å². The number of thioether (sulfide) groups is 1. The van der Waals surface area contributed by atoms with Crippen LogP contribution in [-0.4, -0.2) is 36.0 Å². The molecule has 0 aromatic carbocycles. The maximum absolute atomic E-state index is 11.8. The minimum atomic E-state index is 0.0328. The second-order valence-corrected chi connectivity index (χ2v) is 5.82. The zero-order valence-corrected chi connectivity index (χ0v) is 10.1. The lowest BCUT2D eigenvalue weighted by atomic mass is 10.1. The maximum Gasteiger partial charge on any atom is 0.238 e. The molecule has 86 valence electrons. The Morgan fingerprint density at radius 3 is 3.00 bits per heavy atom. The van der Waals surface area contributed by atoms with Crippen molar-refractivity contribution in [2.24, 2.45) is 5.92 Å². The number of hydrogen-bond donors (Lipinski definition) is 2. The molecular weight excluding hydrogens is 208 g/mol. The summed E-state index contributed by atoms with van der Waals surface area (Å²) >= 11 is 1.86. The fourth-order valence-corrected chi connectivity index (χ4v) is 2.92. The van der Waals surface area contributed by atoms with Crippen molar-refractivity contribution in [2.45, 2.75) is 38.3 Å². The first-order chi connectivity index (χ1) is 7.25. The van der Waals surface area contributed by atoms with E-state index in [0.29, 0.717) is 6.04 Å². The molecule has 0 bridgehead atoms. The largest absolute Gasteiger partial charge is 0.352 e. The van der Waals surface area contributed by atoms with Crippen LogP contribution in [0.25, 0.3) is 0 Å². The molecule has 0 aromatic heterocycles. The topological polar surface area (TPSA) is 41.1 Å². The minimum Gasteiger partial charge on any atom is -0.352 e. The fraction of sp³-hybridized carbons (Fsp3) is 0.909. The Hall–Kier alpha value is -0.220. The van der Waals surface area contributed by atoms with Gasteiger partial charge in [-0.25, -0.2) is 0 Å². The van der Waals surface area contributed by atoms with Gasteiger partial charge in [-0.2, -0.15) is 11.8 Å². The molecule has 2 atom stereocenters. The number of hydrogen-bond acceptors (Lipinski definition) is 3. The van der Waals surface area contributed by atoms with Crippen LogP contribution in [0.2, 0.25) is 0 Å². The standard InChI is InChI=1S/C11H20N2OS/c1-8(6-9-2-3-9)13-11(14)10-7-15-5-4-12-10/h8-10,12H,2-7H2,1H3,(H,13,14). The van der Waals surface area contributed by atoms with Crippen LogP contribution in [0.15, 0.2) is 0 Å². The molecule has 1 amide bonds. The lowest BCUT2D eigenvalue weighted by Crippen LogP contribution is -2.51. The first-order valence-corrected chi connectivity index (χ1v) is 7.02. The van der Waals surface area contributed by atoms with Gasteiger partial charge in [0, 0.05) is 24.1 Å². The Bertz CT molecular complexity index is 225. The molecule has 1 aliphatic carbocycles. The monoisotopic (exact) mass is 228 g/mol. The summed E-state index contributed by atoms with van der Waals surface area (Å²) in [5.74, 6) is 3.12. The molecule has 1 heterocycles. The Labute approximate surface area is 95.8 Å². The van der Waals surface area contributed by atoms with Gasteiger partial charge in [0.2, 0.25) is 5.91 Å². The second-order valence-electron chi connectivity index (χ2n) is 4.67. The number of carbonyl (C=O) groups is 1. The maximum atomic E-state index is 11.8. The zero-order chi connectivity index (χ0) is 10.7. The molecule has 3 nitrogen and oxygen atoms in total. The van der Waals surface area contributed by atoms with Crippen LogP contribution in [0, 0.1) is 5.92 Å². The van der Waals surface area contributed by atoms with E-state index in [1.807, 2.05) is 11.8 Å². The second kappa shape index (κ2) is 5.21. The molecule has 2 rings (SSSR count). The average molecular weight is 228 g/mol. The number of nitrogens with one attached hydrogen (secondary N) is 2. The first-order valence-electron chi connectivity index (χ1n) is 5.87. The zero-order valence-electron chi connectivity index (χ0n) is 9.29.